The van der Waals surface area contributed by atoms with Gasteiger partial charge in [-0.15, -0.1) is 0 Å². The normalized spacial score (nSPS) is 10.5. The second kappa shape index (κ2) is 7.12. The predicted molar refractivity (Wildman–Crippen MR) is 112 cm³/mol. The maximum Gasteiger partial charge on any atom is 0.414 e. The van der Waals surface area contributed by atoms with E-state index in [0.717, 1.165) is 0 Å². The SMILES string of the molecule is CN(C)C(=O)Oc1cccc(-c2c(C#N)c(N)n3c(nc4ccccc43)c2C#N)c1. The van der Waals surface area contributed by atoms with Crippen LogP contribution in [0.25, 0.3) is 27.8 Å². The number of hydrogen-bond acceptors (Lipinski definition) is 6. The van der Waals surface area contributed by atoms with E-state index in [1.165, 1.54) is 4.90 Å². The van der Waals surface area contributed by atoms with Crippen LogP contribution in [-0.4, -0.2) is 34.5 Å². The van der Waals surface area contributed by atoms with Gasteiger partial charge in [0.05, 0.1) is 11.0 Å². The molecule has 0 unspecified atom stereocenters. The number of anilines is 1. The number of nitrogens with two attached hydrogens (primary N) is 1. The van der Waals surface area contributed by atoms with Gasteiger partial charge >= 0.3 is 6.09 Å². The van der Waals surface area contributed by atoms with Gasteiger partial charge in [0.2, 0.25) is 0 Å². The Morgan fingerprint density at radius 2 is 1.83 bits per heavy atom. The van der Waals surface area contributed by atoms with E-state index in [1.54, 1.807) is 42.8 Å². The number of carbonyl (C=O) groups is 1. The van der Waals surface area contributed by atoms with Gasteiger partial charge in [-0.05, 0) is 29.8 Å². The second-order valence-electron chi connectivity index (χ2n) is 6.78. The molecule has 1 amide bonds. The lowest BCUT2D eigenvalue weighted by Crippen LogP contribution is -2.25. The van der Waals surface area contributed by atoms with Crippen molar-refractivity contribution in [2.45, 2.75) is 0 Å². The van der Waals surface area contributed by atoms with Crippen LogP contribution in [-0.2, 0) is 0 Å². The summed E-state index contributed by atoms with van der Waals surface area (Å²) in [6.45, 7) is 0. The highest BCUT2D eigenvalue weighted by Gasteiger charge is 2.23. The number of hydrogen-bond donors (Lipinski definition) is 1. The van der Waals surface area contributed by atoms with Crippen molar-refractivity contribution in [3.05, 3.63) is 59.7 Å². The maximum absolute atomic E-state index is 11.9. The molecule has 0 spiro atoms. The number of carbonyl (C=O) groups excluding carboxylic acids is 1. The first-order valence-corrected chi connectivity index (χ1v) is 8.98. The fourth-order valence-corrected chi connectivity index (χ4v) is 3.33. The highest BCUT2D eigenvalue weighted by Crippen LogP contribution is 2.36. The van der Waals surface area contributed by atoms with Gasteiger partial charge in [-0.25, -0.2) is 9.78 Å². The zero-order valence-corrected chi connectivity index (χ0v) is 16.2. The molecule has 2 aromatic carbocycles. The zero-order valence-electron chi connectivity index (χ0n) is 16.2. The highest BCUT2D eigenvalue weighted by molar-refractivity contribution is 5.92. The van der Waals surface area contributed by atoms with Crippen molar-refractivity contribution in [3.63, 3.8) is 0 Å². The van der Waals surface area contributed by atoms with Gasteiger partial charge in [-0.1, -0.05) is 24.3 Å². The number of fused-ring (bicyclic) bond motifs is 3. The van der Waals surface area contributed by atoms with Gasteiger partial charge in [0.25, 0.3) is 0 Å². The first kappa shape index (κ1) is 18.8. The number of aromatic nitrogens is 2. The van der Waals surface area contributed by atoms with Crippen LogP contribution < -0.4 is 10.5 Å². The molecule has 0 saturated heterocycles. The molecular weight excluding hydrogens is 380 g/mol. The molecule has 0 saturated carbocycles. The lowest BCUT2D eigenvalue weighted by atomic mass is 9.96. The Morgan fingerprint density at radius 1 is 1.10 bits per heavy atom. The van der Waals surface area contributed by atoms with Crippen molar-refractivity contribution in [1.29, 1.82) is 10.5 Å². The summed E-state index contributed by atoms with van der Waals surface area (Å²) in [5.74, 6) is 0.469. The summed E-state index contributed by atoms with van der Waals surface area (Å²) in [6, 6.07) is 18.2. The molecule has 2 aromatic heterocycles. The maximum atomic E-state index is 11.9. The lowest BCUT2D eigenvalue weighted by Gasteiger charge is -2.14. The number of ether oxygens (including phenoxy) is 1. The Bertz CT molecular complexity index is 1410. The van der Waals surface area contributed by atoms with Gasteiger partial charge in [0.1, 0.15) is 34.8 Å². The largest absolute Gasteiger partial charge is 0.414 e. The van der Waals surface area contributed by atoms with Crippen LogP contribution in [0.3, 0.4) is 0 Å². The van der Waals surface area contributed by atoms with Crippen molar-refractivity contribution >= 4 is 28.6 Å². The van der Waals surface area contributed by atoms with E-state index in [-0.39, 0.29) is 22.7 Å². The van der Waals surface area contributed by atoms with E-state index in [2.05, 4.69) is 17.1 Å². The van der Waals surface area contributed by atoms with Crippen LogP contribution in [0.15, 0.2) is 48.5 Å². The van der Waals surface area contributed by atoms with Crippen molar-refractivity contribution in [2.75, 3.05) is 19.8 Å². The molecule has 0 atom stereocenters. The van der Waals surface area contributed by atoms with Crippen molar-refractivity contribution in [1.82, 2.24) is 14.3 Å². The van der Waals surface area contributed by atoms with Crippen LogP contribution in [0.2, 0.25) is 0 Å². The van der Waals surface area contributed by atoms with Crippen molar-refractivity contribution < 1.29 is 9.53 Å². The Morgan fingerprint density at radius 3 is 2.53 bits per heavy atom. The van der Waals surface area contributed by atoms with Crippen LogP contribution in [0.1, 0.15) is 11.1 Å². The second-order valence-corrected chi connectivity index (χ2v) is 6.78. The molecule has 0 fully saturated rings. The molecule has 2 heterocycles. The Labute approximate surface area is 171 Å². The van der Waals surface area contributed by atoms with Crippen LogP contribution in [0, 0.1) is 22.7 Å². The number of para-hydroxylation sites is 2. The van der Waals surface area contributed by atoms with Gasteiger partial charge in [-0.3, -0.25) is 4.40 Å². The standard InChI is InChI=1S/C22H16N6O2/c1-27(2)22(29)30-14-7-5-6-13(10-14)19-15(11-23)20(25)28-18-9-4-3-8-17(18)26-21(28)16(19)12-24/h3-10H,25H2,1-2H3. The van der Waals surface area contributed by atoms with Crippen molar-refractivity contribution in [2.24, 2.45) is 0 Å². The summed E-state index contributed by atoms with van der Waals surface area (Å²) in [7, 11) is 3.15. The fourth-order valence-electron chi connectivity index (χ4n) is 3.33. The molecule has 30 heavy (non-hydrogen) atoms. The molecular formula is C22H16N6O2. The van der Waals surface area contributed by atoms with Gasteiger partial charge in [-0.2, -0.15) is 10.5 Å². The number of imidazole rings is 1. The molecule has 4 rings (SSSR count). The Hall–Kier alpha value is -4.56. The first-order chi connectivity index (χ1) is 14.5. The summed E-state index contributed by atoms with van der Waals surface area (Å²) in [4.78, 5) is 17.8. The molecule has 0 radical (unpaired) electrons. The predicted octanol–water partition coefficient (Wildman–Crippen LogP) is 3.54. The molecule has 4 aromatic rings. The van der Waals surface area contributed by atoms with E-state index in [0.29, 0.717) is 27.8 Å². The van der Waals surface area contributed by atoms with E-state index in [1.807, 2.05) is 24.3 Å². The van der Waals surface area contributed by atoms with E-state index in [4.69, 9.17) is 10.5 Å². The summed E-state index contributed by atoms with van der Waals surface area (Å²) in [5.41, 5.74) is 9.33. The number of nitriles is 2. The topological polar surface area (TPSA) is 120 Å². The number of nitrogen functional groups attached to an aromatic ring is 1. The molecule has 2 N–H and O–H groups in total. The van der Waals surface area contributed by atoms with Gasteiger partial charge in [0.15, 0.2) is 5.65 Å². The minimum Gasteiger partial charge on any atom is -0.410 e. The smallest absolute Gasteiger partial charge is 0.410 e. The molecule has 0 bridgehead atoms. The number of rotatable bonds is 2. The molecule has 8 heteroatoms. The minimum absolute atomic E-state index is 0.151. The molecule has 8 nitrogen and oxygen atoms in total. The minimum atomic E-state index is -0.539. The van der Waals surface area contributed by atoms with Crippen LogP contribution in [0.5, 0.6) is 5.75 Å². The number of benzene rings is 2. The third-order valence-corrected chi connectivity index (χ3v) is 4.70. The first-order valence-electron chi connectivity index (χ1n) is 8.98. The number of amides is 1. The number of nitrogens with zero attached hydrogens (tertiary/aromatic N) is 5. The Balaban J connectivity index is 2.03. The zero-order chi connectivity index (χ0) is 21.4. The molecule has 146 valence electrons. The molecule has 0 aliphatic heterocycles. The van der Waals surface area contributed by atoms with Crippen LogP contribution >= 0.6 is 0 Å². The number of pyridine rings is 1. The Kier molecular flexibility index (Phi) is 4.46. The summed E-state index contributed by atoms with van der Waals surface area (Å²) < 4.78 is 6.94. The molecule has 0 aliphatic carbocycles. The monoisotopic (exact) mass is 396 g/mol. The third kappa shape index (κ3) is 2.84. The fraction of sp³-hybridized carbons (Fsp3) is 0.0909. The summed E-state index contributed by atoms with van der Waals surface area (Å²) >= 11 is 0. The summed E-state index contributed by atoms with van der Waals surface area (Å²) in [5, 5.41) is 19.8. The van der Waals surface area contributed by atoms with E-state index >= 15 is 0 Å². The quantitative estimate of drug-likeness (QED) is 0.553. The van der Waals surface area contributed by atoms with E-state index < -0.39 is 6.09 Å². The summed E-state index contributed by atoms with van der Waals surface area (Å²) in [6.07, 6.45) is -0.539. The van der Waals surface area contributed by atoms with Crippen molar-refractivity contribution in [3.8, 4) is 29.0 Å². The highest BCUT2D eigenvalue weighted by atomic mass is 16.6. The average molecular weight is 396 g/mol. The van der Waals surface area contributed by atoms with E-state index in [9.17, 15) is 15.3 Å². The van der Waals surface area contributed by atoms with Crippen LogP contribution in [0.4, 0.5) is 10.6 Å². The van der Waals surface area contributed by atoms with Gasteiger partial charge < -0.3 is 15.4 Å². The lowest BCUT2D eigenvalue weighted by molar-refractivity contribution is 0.172. The third-order valence-electron chi connectivity index (χ3n) is 4.70. The molecule has 0 aliphatic rings. The van der Waals surface area contributed by atoms with Gasteiger partial charge in [0, 0.05) is 19.7 Å². The average Bonchev–Trinajstić information content (AvgIpc) is 3.13.